The SMILES string of the molecule is CCC(Cl)/C=C\C=C(/N)C(C)C. The van der Waals surface area contributed by atoms with Crippen LogP contribution in [0, 0.1) is 5.92 Å². The highest BCUT2D eigenvalue weighted by Crippen LogP contribution is 2.05. The summed E-state index contributed by atoms with van der Waals surface area (Å²) in [5, 5.41) is 0.126. The molecule has 2 N–H and O–H groups in total. The summed E-state index contributed by atoms with van der Waals surface area (Å²) in [6, 6.07) is 0. The molecule has 1 nitrogen and oxygen atoms in total. The van der Waals surface area contributed by atoms with Crippen LogP contribution in [0.3, 0.4) is 0 Å². The van der Waals surface area contributed by atoms with Crippen LogP contribution in [0.15, 0.2) is 23.9 Å². The van der Waals surface area contributed by atoms with E-state index >= 15 is 0 Å². The molecule has 0 rings (SSSR count). The van der Waals surface area contributed by atoms with Gasteiger partial charge in [-0.15, -0.1) is 11.6 Å². The Morgan fingerprint density at radius 1 is 1.50 bits per heavy atom. The van der Waals surface area contributed by atoms with Crippen molar-refractivity contribution in [2.75, 3.05) is 0 Å². The van der Waals surface area contributed by atoms with E-state index in [1.165, 1.54) is 0 Å². The average Bonchev–Trinajstić information content (AvgIpc) is 2.03. The summed E-state index contributed by atoms with van der Waals surface area (Å²) >= 11 is 5.87. The van der Waals surface area contributed by atoms with E-state index in [0.717, 1.165) is 12.1 Å². The number of nitrogens with two attached hydrogens (primary N) is 1. The zero-order valence-corrected chi connectivity index (χ0v) is 8.81. The number of rotatable bonds is 4. The maximum absolute atomic E-state index is 5.87. The third kappa shape index (κ3) is 5.25. The first-order valence-electron chi connectivity index (χ1n) is 4.35. The molecule has 0 aliphatic carbocycles. The Balaban J connectivity index is 3.94. The van der Waals surface area contributed by atoms with Crippen LogP contribution in [0.25, 0.3) is 0 Å². The third-order valence-electron chi connectivity index (χ3n) is 1.67. The summed E-state index contributed by atoms with van der Waals surface area (Å²) in [6.45, 7) is 6.19. The van der Waals surface area contributed by atoms with Crippen molar-refractivity contribution in [1.29, 1.82) is 0 Å². The lowest BCUT2D eigenvalue weighted by atomic mass is 10.1. The summed E-state index contributed by atoms with van der Waals surface area (Å²) < 4.78 is 0. The number of alkyl halides is 1. The molecule has 0 amide bonds. The van der Waals surface area contributed by atoms with Crippen LogP contribution in [0.2, 0.25) is 0 Å². The van der Waals surface area contributed by atoms with Gasteiger partial charge in [0.1, 0.15) is 0 Å². The summed E-state index contributed by atoms with van der Waals surface area (Å²) in [6.07, 6.45) is 6.75. The van der Waals surface area contributed by atoms with E-state index in [4.69, 9.17) is 17.3 Å². The van der Waals surface area contributed by atoms with Gasteiger partial charge in [0.2, 0.25) is 0 Å². The van der Waals surface area contributed by atoms with Crippen molar-refractivity contribution < 1.29 is 0 Å². The molecule has 0 heterocycles. The van der Waals surface area contributed by atoms with Crippen molar-refractivity contribution >= 4 is 11.6 Å². The van der Waals surface area contributed by atoms with Crippen LogP contribution in [0.4, 0.5) is 0 Å². The summed E-state index contributed by atoms with van der Waals surface area (Å²) in [7, 11) is 0. The molecule has 0 aromatic carbocycles. The van der Waals surface area contributed by atoms with E-state index in [-0.39, 0.29) is 5.38 Å². The van der Waals surface area contributed by atoms with Gasteiger partial charge in [0.05, 0.1) is 5.38 Å². The molecular weight excluding hydrogens is 170 g/mol. The fourth-order valence-electron chi connectivity index (χ4n) is 0.616. The lowest BCUT2D eigenvalue weighted by Crippen LogP contribution is -2.03. The Hall–Kier alpha value is -0.430. The van der Waals surface area contributed by atoms with Crippen molar-refractivity contribution in [1.82, 2.24) is 0 Å². The van der Waals surface area contributed by atoms with E-state index in [1.54, 1.807) is 0 Å². The zero-order valence-electron chi connectivity index (χ0n) is 8.05. The average molecular weight is 188 g/mol. The number of allylic oxidation sites excluding steroid dienone is 4. The minimum atomic E-state index is 0.126. The van der Waals surface area contributed by atoms with E-state index in [9.17, 15) is 0 Å². The van der Waals surface area contributed by atoms with Gasteiger partial charge in [-0.1, -0.05) is 32.9 Å². The molecule has 0 aromatic rings. The Bertz CT molecular complexity index is 171. The van der Waals surface area contributed by atoms with Gasteiger partial charge in [0.25, 0.3) is 0 Å². The van der Waals surface area contributed by atoms with E-state index in [2.05, 4.69) is 20.8 Å². The molecule has 2 heteroatoms. The highest BCUT2D eigenvalue weighted by Gasteiger charge is 1.95. The first-order valence-corrected chi connectivity index (χ1v) is 4.79. The monoisotopic (exact) mass is 187 g/mol. The minimum Gasteiger partial charge on any atom is -0.402 e. The van der Waals surface area contributed by atoms with Crippen molar-refractivity contribution in [3.63, 3.8) is 0 Å². The molecule has 12 heavy (non-hydrogen) atoms. The summed E-state index contributed by atoms with van der Waals surface area (Å²) in [4.78, 5) is 0. The highest BCUT2D eigenvalue weighted by molar-refractivity contribution is 6.21. The molecule has 0 bridgehead atoms. The standard InChI is InChI=1S/C10H18ClN/c1-4-9(11)6-5-7-10(12)8(2)3/h5-9H,4,12H2,1-3H3/b6-5-,10-7-. The molecule has 0 aromatic heterocycles. The maximum Gasteiger partial charge on any atom is 0.0516 e. The molecule has 0 aliphatic rings. The fraction of sp³-hybridized carbons (Fsp3) is 0.600. The minimum absolute atomic E-state index is 0.126. The second kappa shape index (κ2) is 6.13. The second-order valence-corrected chi connectivity index (χ2v) is 3.69. The van der Waals surface area contributed by atoms with Gasteiger partial charge in [-0.2, -0.15) is 0 Å². The Labute approximate surface area is 80.3 Å². The summed E-state index contributed by atoms with van der Waals surface area (Å²) in [5.74, 6) is 0.407. The fourth-order valence-corrected chi connectivity index (χ4v) is 0.700. The second-order valence-electron chi connectivity index (χ2n) is 3.13. The summed E-state index contributed by atoms with van der Waals surface area (Å²) in [5.41, 5.74) is 6.61. The quantitative estimate of drug-likeness (QED) is 0.532. The molecule has 70 valence electrons. The largest absolute Gasteiger partial charge is 0.402 e. The first kappa shape index (κ1) is 11.6. The number of halogens is 1. The van der Waals surface area contributed by atoms with Gasteiger partial charge in [-0.05, 0) is 18.4 Å². The topological polar surface area (TPSA) is 26.0 Å². The molecular formula is C10H18ClN. The van der Waals surface area contributed by atoms with Gasteiger partial charge in [0.15, 0.2) is 0 Å². The highest BCUT2D eigenvalue weighted by atomic mass is 35.5. The molecule has 1 atom stereocenters. The van der Waals surface area contributed by atoms with E-state index < -0.39 is 0 Å². The van der Waals surface area contributed by atoms with Crippen LogP contribution < -0.4 is 5.73 Å². The van der Waals surface area contributed by atoms with Gasteiger partial charge < -0.3 is 5.73 Å². The lowest BCUT2D eigenvalue weighted by Gasteiger charge is -2.02. The molecule has 0 aliphatic heterocycles. The van der Waals surface area contributed by atoms with Gasteiger partial charge in [-0.3, -0.25) is 0 Å². The van der Waals surface area contributed by atoms with E-state index in [1.807, 2.05) is 18.2 Å². The molecule has 1 unspecified atom stereocenters. The van der Waals surface area contributed by atoms with E-state index in [0.29, 0.717) is 5.92 Å². The van der Waals surface area contributed by atoms with Crippen LogP contribution >= 0.6 is 11.6 Å². The van der Waals surface area contributed by atoms with Gasteiger partial charge in [-0.25, -0.2) is 0 Å². The van der Waals surface area contributed by atoms with Crippen molar-refractivity contribution in [3.05, 3.63) is 23.9 Å². The van der Waals surface area contributed by atoms with Crippen LogP contribution in [-0.4, -0.2) is 5.38 Å². The number of hydrogen-bond acceptors (Lipinski definition) is 1. The van der Waals surface area contributed by atoms with Crippen molar-refractivity contribution in [3.8, 4) is 0 Å². The number of hydrogen-bond donors (Lipinski definition) is 1. The molecule has 0 radical (unpaired) electrons. The Kier molecular flexibility index (Phi) is 5.91. The smallest absolute Gasteiger partial charge is 0.0516 e. The molecule has 0 saturated heterocycles. The lowest BCUT2D eigenvalue weighted by molar-refractivity contribution is 0.757. The third-order valence-corrected chi connectivity index (χ3v) is 2.12. The predicted molar refractivity (Wildman–Crippen MR) is 56.2 cm³/mol. The predicted octanol–water partition coefficient (Wildman–Crippen LogP) is 3.06. The van der Waals surface area contributed by atoms with Crippen LogP contribution in [0.5, 0.6) is 0 Å². The normalized spacial score (nSPS) is 15.9. The molecule has 0 saturated carbocycles. The van der Waals surface area contributed by atoms with Crippen molar-refractivity contribution in [2.45, 2.75) is 32.6 Å². The Morgan fingerprint density at radius 2 is 2.08 bits per heavy atom. The molecule has 0 fully saturated rings. The maximum atomic E-state index is 5.87. The van der Waals surface area contributed by atoms with Crippen LogP contribution in [0.1, 0.15) is 27.2 Å². The van der Waals surface area contributed by atoms with Crippen LogP contribution in [-0.2, 0) is 0 Å². The van der Waals surface area contributed by atoms with Gasteiger partial charge in [0, 0.05) is 5.70 Å². The van der Waals surface area contributed by atoms with Crippen molar-refractivity contribution in [2.24, 2.45) is 11.7 Å². The zero-order chi connectivity index (χ0) is 9.56. The Morgan fingerprint density at radius 3 is 2.50 bits per heavy atom. The molecule has 0 spiro atoms. The van der Waals surface area contributed by atoms with Gasteiger partial charge >= 0.3 is 0 Å². The first-order chi connectivity index (χ1) is 5.57.